The highest BCUT2D eigenvalue weighted by Gasteiger charge is 2.14. The minimum atomic E-state index is -0.747. The summed E-state index contributed by atoms with van der Waals surface area (Å²) in [5.41, 5.74) is -0.228. The summed E-state index contributed by atoms with van der Waals surface area (Å²) in [5.74, 6) is -0.202. The standard InChI is InChI=1S/C17H13ClN4O3/c1-10-2-5-12(6-3-10)22-16(24)13(15(23)21-17(22)25)9-20-14-7-4-11(18)8-19-14/h2-9,24H,1H3,(H,21,23,25). The van der Waals surface area contributed by atoms with Gasteiger partial charge in [0.05, 0.1) is 10.7 Å². The van der Waals surface area contributed by atoms with E-state index in [1.807, 2.05) is 6.92 Å². The van der Waals surface area contributed by atoms with Gasteiger partial charge in [-0.2, -0.15) is 0 Å². The predicted octanol–water partition coefficient (Wildman–Crippen LogP) is 2.34. The number of nitrogens with zero attached hydrogens (tertiary/aromatic N) is 3. The number of benzene rings is 1. The third kappa shape index (κ3) is 3.51. The predicted molar refractivity (Wildman–Crippen MR) is 95.6 cm³/mol. The Morgan fingerprint density at radius 2 is 1.92 bits per heavy atom. The van der Waals surface area contributed by atoms with E-state index in [1.165, 1.54) is 6.20 Å². The Bertz CT molecular complexity index is 1050. The molecule has 0 fully saturated rings. The van der Waals surface area contributed by atoms with Gasteiger partial charge in [0.15, 0.2) is 5.82 Å². The number of aromatic hydroxyl groups is 1. The first kappa shape index (κ1) is 16.7. The molecule has 1 aromatic carbocycles. The number of nitrogens with one attached hydrogen (secondary N) is 1. The zero-order valence-corrected chi connectivity index (χ0v) is 13.9. The first-order valence-corrected chi connectivity index (χ1v) is 7.64. The van der Waals surface area contributed by atoms with Crippen LogP contribution in [-0.2, 0) is 0 Å². The first-order valence-electron chi connectivity index (χ1n) is 7.26. The number of rotatable bonds is 3. The maximum atomic E-state index is 12.1. The number of H-pyrrole nitrogens is 1. The molecule has 2 N–H and O–H groups in total. The SMILES string of the molecule is Cc1ccc(-n2c(O)c(C=Nc3ccc(Cl)cn3)c(=O)[nH]c2=O)cc1. The van der Waals surface area contributed by atoms with Gasteiger partial charge in [0.2, 0.25) is 5.88 Å². The van der Waals surface area contributed by atoms with Gasteiger partial charge in [0.25, 0.3) is 5.56 Å². The lowest BCUT2D eigenvalue weighted by molar-refractivity contribution is 0.430. The van der Waals surface area contributed by atoms with Gasteiger partial charge in [-0.3, -0.25) is 9.78 Å². The Labute approximate surface area is 146 Å². The van der Waals surface area contributed by atoms with Crippen LogP contribution in [0.4, 0.5) is 5.82 Å². The van der Waals surface area contributed by atoms with Crippen LogP contribution in [0.1, 0.15) is 11.1 Å². The van der Waals surface area contributed by atoms with Gasteiger partial charge >= 0.3 is 5.69 Å². The van der Waals surface area contributed by atoms with E-state index in [1.54, 1.807) is 36.4 Å². The first-order chi connectivity index (χ1) is 12.0. The normalized spacial score (nSPS) is 11.1. The average Bonchev–Trinajstić information content (AvgIpc) is 2.57. The van der Waals surface area contributed by atoms with E-state index in [0.29, 0.717) is 16.5 Å². The van der Waals surface area contributed by atoms with Crippen molar-refractivity contribution < 1.29 is 5.11 Å². The summed E-state index contributed by atoms with van der Waals surface area (Å²) in [6.45, 7) is 1.90. The van der Waals surface area contributed by atoms with Crippen molar-refractivity contribution in [2.75, 3.05) is 0 Å². The highest BCUT2D eigenvalue weighted by molar-refractivity contribution is 6.30. The molecule has 0 aliphatic carbocycles. The van der Waals surface area contributed by atoms with Crippen molar-refractivity contribution in [3.05, 3.63) is 79.6 Å². The van der Waals surface area contributed by atoms with E-state index < -0.39 is 17.1 Å². The van der Waals surface area contributed by atoms with Crippen LogP contribution in [0.3, 0.4) is 0 Å². The third-order valence-corrected chi connectivity index (χ3v) is 3.67. The number of aromatic amines is 1. The molecule has 126 valence electrons. The van der Waals surface area contributed by atoms with Gasteiger partial charge in [0.1, 0.15) is 5.56 Å². The van der Waals surface area contributed by atoms with Gasteiger partial charge in [-0.15, -0.1) is 0 Å². The molecule has 0 aliphatic heterocycles. The fourth-order valence-electron chi connectivity index (χ4n) is 2.16. The molecule has 3 aromatic rings. The van der Waals surface area contributed by atoms with Gasteiger partial charge in [-0.05, 0) is 31.2 Å². The van der Waals surface area contributed by atoms with E-state index in [2.05, 4.69) is 15.0 Å². The van der Waals surface area contributed by atoms with Crippen LogP contribution >= 0.6 is 11.6 Å². The van der Waals surface area contributed by atoms with Crippen molar-refractivity contribution in [3.63, 3.8) is 0 Å². The lowest BCUT2D eigenvalue weighted by Gasteiger charge is -2.09. The molecule has 0 atom stereocenters. The summed E-state index contributed by atoms with van der Waals surface area (Å²) in [7, 11) is 0. The second kappa shape index (κ2) is 6.74. The second-order valence-electron chi connectivity index (χ2n) is 5.26. The molecule has 0 saturated carbocycles. The smallest absolute Gasteiger partial charge is 0.335 e. The van der Waals surface area contributed by atoms with Crippen LogP contribution in [0.15, 0.2) is 57.2 Å². The monoisotopic (exact) mass is 356 g/mol. The zero-order chi connectivity index (χ0) is 18.0. The number of halogens is 1. The lowest BCUT2D eigenvalue weighted by Crippen LogP contribution is -2.31. The highest BCUT2D eigenvalue weighted by atomic mass is 35.5. The van der Waals surface area contributed by atoms with Crippen LogP contribution < -0.4 is 11.2 Å². The van der Waals surface area contributed by atoms with Gasteiger partial charge in [-0.25, -0.2) is 19.3 Å². The summed E-state index contributed by atoms with van der Waals surface area (Å²) in [6, 6.07) is 10.1. The van der Waals surface area contributed by atoms with E-state index >= 15 is 0 Å². The maximum Gasteiger partial charge on any atom is 0.335 e. The average molecular weight is 357 g/mol. The summed E-state index contributed by atoms with van der Waals surface area (Å²) < 4.78 is 0.998. The molecule has 0 unspecified atom stereocenters. The highest BCUT2D eigenvalue weighted by Crippen LogP contribution is 2.17. The summed E-state index contributed by atoms with van der Waals surface area (Å²) in [5, 5.41) is 10.9. The van der Waals surface area contributed by atoms with Gasteiger partial charge in [0, 0.05) is 12.4 Å². The van der Waals surface area contributed by atoms with Crippen molar-refractivity contribution in [1.29, 1.82) is 0 Å². The molecule has 0 saturated heterocycles. The Balaban J connectivity index is 2.10. The van der Waals surface area contributed by atoms with E-state index in [4.69, 9.17) is 11.6 Å². The third-order valence-electron chi connectivity index (χ3n) is 3.45. The molecule has 0 aliphatic rings. The van der Waals surface area contributed by atoms with E-state index in [9.17, 15) is 14.7 Å². The van der Waals surface area contributed by atoms with Crippen molar-refractivity contribution in [3.8, 4) is 11.6 Å². The molecule has 0 amide bonds. The van der Waals surface area contributed by atoms with Gasteiger partial charge < -0.3 is 5.11 Å². The molecule has 2 aromatic heterocycles. The van der Waals surface area contributed by atoms with Crippen molar-refractivity contribution in [2.45, 2.75) is 6.92 Å². The minimum absolute atomic E-state index is 0.156. The zero-order valence-electron chi connectivity index (χ0n) is 13.1. The van der Waals surface area contributed by atoms with Crippen LogP contribution in [0.5, 0.6) is 5.88 Å². The summed E-state index contributed by atoms with van der Waals surface area (Å²) in [6.07, 6.45) is 2.56. The molecule has 3 rings (SSSR count). The number of pyridine rings is 1. The Hall–Kier alpha value is -3.19. The molecular weight excluding hydrogens is 344 g/mol. The van der Waals surface area contributed by atoms with Crippen LogP contribution in [-0.4, -0.2) is 25.9 Å². The topological polar surface area (TPSA) is 100 Å². The summed E-state index contributed by atoms with van der Waals surface area (Å²) >= 11 is 5.75. The lowest BCUT2D eigenvalue weighted by atomic mass is 10.2. The van der Waals surface area contributed by atoms with Crippen LogP contribution in [0.2, 0.25) is 5.02 Å². The molecule has 0 bridgehead atoms. The Morgan fingerprint density at radius 1 is 1.20 bits per heavy atom. The van der Waals surface area contributed by atoms with Crippen LogP contribution in [0, 0.1) is 6.92 Å². The quantitative estimate of drug-likeness (QED) is 0.703. The fourth-order valence-corrected chi connectivity index (χ4v) is 2.28. The fraction of sp³-hybridized carbons (Fsp3) is 0.0588. The number of aromatic nitrogens is 3. The van der Waals surface area contributed by atoms with Crippen LogP contribution in [0.25, 0.3) is 5.69 Å². The second-order valence-corrected chi connectivity index (χ2v) is 5.70. The van der Waals surface area contributed by atoms with Crippen molar-refractivity contribution >= 4 is 23.6 Å². The minimum Gasteiger partial charge on any atom is -0.493 e. The molecule has 8 heteroatoms. The van der Waals surface area contributed by atoms with E-state index in [0.717, 1.165) is 16.3 Å². The Morgan fingerprint density at radius 3 is 2.56 bits per heavy atom. The van der Waals surface area contributed by atoms with E-state index in [-0.39, 0.29) is 5.56 Å². The Kier molecular flexibility index (Phi) is 4.49. The maximum absolute atomic E-state index is 12.1. The number of hydrogen-bond donors (Lipinski definition) is 2. The van der Waals surface area contributed by atoms with Crippen molar-refractivity contribution in [1.82, 2.24) is 14.5 Å². The molecular formula is C17H13ClN4O3. The molecule has 0 spiro atoms. The molecule has 7 nitrogen and oxygen atoms in total. The molecule has 25 heavy (non-hydrogen) atoms. The number of hydrogen-bond acceptors (Lipinski definition) is 5. The van der Waals surface area contributed by atoms with Gasteiger partial charge in [-0.1, -0.05) is 29.3 Å². The van der Waals surface area contributed by atoms with Crippen molar-refractivity contribution in [2.24, 2.45) is 4.99 Å². The molecule has 2 heterocycles. The number of aliphatic imine (C=N–C) groups is 1. The summed E-state index contributed by atoms with van der Waals surface area (Å²) in [4.78, 5) is 34.3. The number of aryl methyl sites for hydroxylation is 1. The molecule has 0 radical (unpaired) electrons. The largest absolute Gasteiger partial charge is 0.493 e.